The molecule has 42 heavy (non-hydrogen) atoms. The summed E-state index contributed by atoms with van der Waals surface area (Å²) >= 11 is 12.2. The van der Waals surface area contributed by atoms with Crippen molar-refractivity contribution in [3.05, 3.63) is 103 Å². The van der Waals surface area contributed by atoms with Crippen LogP contribution >= 0.6 is 23.2 Å². The SMILES string of the molecule is CN(C)CCCOc1ccc2c(c1)c(=O)n(-c1ccc(C[C@H](NC(=O)c3c(Cl)cccc3Cl)C(=O)O)cc1)c(=O)n2C. The topological polar surface area (TPSA) is 123 Å². The zero-order valence-corrected chi connectivity index (χ0v) is 24.8. The molecule has 3 aromatic carbocycles. The van der Waals surface area contributed by atoms with Crippen molar-refractivity contribution in [2.24, 2.45) is 7.05 Å². The molecule has 0 bridgehead atoms. The average Bonchev–Trinajstić information content (AvgIpc) is 2.94. The molecule has 0 aliphatic rings. The number of hydrogen-bond acceptors (Lipinski definition) is 6. The Labute approximate surface area is 251 Å². The van der Waals surface area contributed by atoms with Gasteiger partial charge in [-0.15, -0.1) is 0 Å². The molecule has 0 saturated carbocycles. The molecule has 0 spiro atoms. The number of benzene rings is 3. The van der Waals surface area contributed by atoms with Gasteiger partial charge in [-0.1, -0.05) is 41.4 Å². The number of nitrogens with one attached hydrogen (secondary N) is 1. The monoisotopic (exact) mass is 612 g/mol. The van der Waals surface area contributed by atoms with E-state index in [2.05, 4.69) is 10.2 Å². The number of hydrogen-bond donors (Lipinski definition) is 2. The van der Waals surface area contributed by atoms with Crippen LogP contribution in [0.1, 0.15) is 22.3 Å². The summed E-state index contributed by atoms with van der Waals surface area (Å²) in [5, 5.41) is 12.7. The summed E-state index contributed by atoms with van der Waals surface area (Å²) in [5.74, 6) is -1.45. The lowest BCUT2D eigenvalue weighted by Crippen LogP contribution is -2.42. The largest absolute Gasteiger partial charge is 0.494 e. The van der Waals surface area contributed by atoms with Gasteiger partial charge in [-0.25, -0.2) is 14.2 Å². The van der Waals surface area contributed by atoms with E-state index in [0.717, 1.165) is 17.5 Å². The van der Waals surface area contributed by atoms with Gasteiger partial charge in [0.25, 0.3) is 11.5 Å². The fourth-order valence-electron chi connectivity index (χ4n) is 4.49. The summed E-state index contributed by atoms with van der Waals surface area (Å²) in [4.78, 5) is 53.4. The molecule has 0 aliphatic carbocycles. The minimum absolute atomic E-state index is 0.0175. The van der Waals surface area contributed by atoms with E-state index < -0.39 is 29.2 Å². The molecule has 1 aromatic heterocycles. The zero-order chi connectivity index (χ0) is 30.6. The molecule has 1 amide bonds. The molecule has 0 radical (unpaired) electrons. The Morgan fingerprint density at radius 1 is 1.02 bits per heavy atom. The molecule has 1 atom stereocenters. The summed E-state index contributed by atoms with van der Waals surface area (Å²) in [6.45, 7) is 1.34. The number of fused-ring (bicyclic) bond motifs is 1. The maximum Gasteiger partial charge on any atom is 0.335 e. The highest BCUT2D eigenvalue weighted by molar-refractivity contribution is 6.39. The lowest BCUT2D eigenvalue weighted by atomic mass is 10.0. The normalized spacial score (nSPS) is 12.0. The van der Waals surface area contributed by atoms with Gasteiger partial charge < -0.3 is 20.1 Å². The Morgan fingerprint density at radius 2 is 1.69 bits per heavy atom. The number of aliphatic carboxylic acids is 1. The van der Waals surface area contributed by atoms with E-state index in [4.69, 9.17) is 27.9 Å². The van der Waals surface area contributed by atoms with Crippen molar-refractivity contribution >= 4 is 46.0 Å². The summed E-state index contributed by atoms with van der Waals surface area (Å²) in [6.07, 6.45) is 0.748. The van der Waals surface area contributed by atoms with Crippen LogP contribution in [-0.4, -0.2) is 64.3 Å². The van der Waals surface area contributed by atoms with Crippen LogP contribution in [0.15, 0.2) is 70.3 Å². The summed E-state index contributed by atoms with van der Waals surface area (Å²) in [5.41, 5.74) is 0.269. The minimum Gasteiger partial charge on any atom is -0.494 e. The van der Waals surface area contributed by atoms with Crippen LogP contribution in [0.3, 0.4) is 0 Å². The fourth-order valence-corrected chi connectivity index (χ4v) is 5.06. The highest BCUT2D eigenvalue weighted by Gasteiger charge is 2.24. The second kappa shape index (κ2) is 13.2. The first-order valence-corrected chi connectivity index (χ1v) is 13.8. The van der Waals surface area contributed by atoms with E-state index in [1.807, 2.05) is 14.1 Å². The summed E-state index contributed by atoms with van der Waals surface area (Å²) in [7, 11) is 5.54. The predicted octanol–water partition coefficient (Wildman–Crippen LogP) is 3.75. The van der Waals surface area contributed by atoms with Crippen molar-refractivity contribution in [2.75, 3.05) is 27.2 Å². The Morgan fingerprint density at radius 3 is 2.31 bits per heavy atom. The third-order valence-electron chi connectivity index (χ3n) is 6.69. The van der Waals surface area contributed by atoms with Crippen molar-refractivity contribution < 1.29 is 19.4 Å². The second-order valence-electron chi connectivity index (χ2n) is 10.00. The van der Waals surface area contributed by atoms with Crippen molar-refractivity contribution in [3.63, 3.8) is 0 Å². The number of carbonyl (C=O) groups excluding carboxylic acids is 1. The summed E-state index contributed by atoms with van der Waals surface area (Å²) < 4.78 is 8.26. The molecule has 0 saturated heterocycles. The van der Waals surface area contributed by atoms with Crippen LogP contribution in [-0.2, 0) is 18.3 Å². The molecule has 4 rings (SSSR count). The molecule has 4 aromatic rings. The molecule has 0 aliphatic heterocycles. The van der Waals surface area contributed by atoms with Crippen LogP contribution in [0.25, 0.3) is 16.6 Å². The standard InChI is InChI=1S/C30H30Cl2N4O6/c1-34(2)14-5-15-42-20-12-13-25-21(17-20)28(38)36(30(41)35(25)3)19-10-8-18(9-11-19)16-24(29(39)40)33-27(37)26-22(31)6-4-7-23(26)32/h4,6-13,17,24H,5,14-16H2,1-3H3,(H,33,37)(H,39,40)/t24-/m0/s1. The number of carboxylic acids is 1. The molecule has 220 valence electrons. The lowest BCUT2D eigenvalue weighted by molar-refractivity contribution is -0.139. The van der Waals surface area contributed by atoms with E-state index in [9.17, 15) is 24.3 Å². The maximum atomic E-state index is 13.5. The van der Waals surface area contributed by atoms with Crippen molar-refractivity contribution in [1.29, 1.82) is 0 Å². The maximum absolute atomic E-state index is 13.5. The molecule has 0 unspecified atom stereocenters. The Bertz CT molecular complexity index is 1730. The van der Waals surface area contributed by atoms with Gasteiger partial charge in [0, 0.05) is 20.0 Å². The van der Waals surface area contributed by atoms with Crippen molar-refractivity contribution in [3.8, 4) is 11.4 Å². The van der Waals surface area contributed by atoms with E-state index in [1.54, 1.807) is 55.6 Å². The molecule has 2 N–H and O–H groups in total. The first-order chi connectivity index (χ1) is 20.0. The predicted molar refractivity (Wildman–Crippen MR) is 163 cm³/mol. The number of nitrogens with zero attached hydrogens (tertiary/aromatic N) is 3. The average molecular weight is 613 g/mol. The highest BCUT2D eigenvalue weighted by atomic mass is 35.5. The van der Waals surface area contributed by atoms with Gasteiger partial charge in [-0.05, 0) is 68.5 Å². The van der Waals surface area contributed by atoms with Gasteiger partial charge in [-0.2, -0.15) is 0 Å². The Hall–Kier alpha value is -4.12. The third kappa shape index (κ3) is 6.84. The first-order valence-electron chi connectivity index (χ1n) is 13.1. The number of halogens is 2. The Balaban J connectivity index is 1.58. The number of carbonyl (C=O) groups is 2. The number of aromatic nitrogens is 2. The number of amides is 1. The van der Waals surface area contributed by atoms with E-state index in [0.29, 0.717) is 34.5 Å². The fraction of sp³-hybridized carbons (Fsp3) is 0.267. The first kappa shape index (κ1) is 30.8. The molecular formula is C30H30Cl2N4O6. The van der Waals surface area contributed by atoms with Gasteiger partial charge in [0.05, 0.1) is 38.8 Å². The van der Waals surface area contributed by atoms with E-state index >= 15 is 0 Å². The third-order valence-corrected chi connectivity index (χ3v) is 7.32. The molecular weight excluding hydrogens is 583 g/mol. The van der Waals surface area contributed by atoms with Crippen molar-refractivity contribution in [2.45, 2.75) is 18.9 Å². The zero-order valence-electron chi connectivity index (χ0n) is 23.3. The lowest BCUT2D eigenvalue weighted by Gasteiger charge is -2.16. The van der Waals surface area contributed by atoms with E-state index in [1.165, 1.54) is 16.7 Å². The molecule has 1 heterocycles. The van der Waals surface area contributed by atoms with Crippen LogP contribution in [0.5, 0.6) is 5.75 Å². The Kier molecular flexibility index (Phi) is 9.72. The highest BCUT2D eigenvalue weighted by Crippen LogP contribution is 2.24. The van der Waals surface area contributed by atoms with Gasteiger partial charge in [-0.3, -0.25) is 14.2 Å². The van der Waals surface area contributed by atoms with Crippen LogP contribution < -0.4 is 21.3 Å². The number of aryl methyl sites for hydroxylation is 1. The van der Waals surface area contributed by atoms with E-state index in [-0.39, 0.29) is 22.0 Å². The smallest absolute Gasteiger partial charge is 0.335 e. The number of carboxylic acid groups (broad SMARTS) is 1. The van der Waals surface area contributed by atoms with Gasteiger partial charge >= 0.3 is 11.7 Å². The quantitative estimate of drug-likeness (QED) is 0.247. The van der Waals surface area contributed by atoms with Crippen molar-refractivity contribution in [1.82, 2.24) is 19.4 Å². The number of ether oxygens (including phenoxy) is 1. The molecule has 0 fully saturated rings. The minimum atomic E-state index is -1.29. The van der Waals surface area contributed by atoms with Crippen LogP contribution in [0, 0.1) is 0 Å². The molecule has 10 nitrogen and oxygen atoms in total. The van der Waals surface area contributed by atoms with Crippen LogP contribution in [0.4, 0.5) is 0 Å². The van der Waals surface area contributed by atoms with Gasteiger partial charge in [0.15, 0.2) is 0 Å². The summed E-state index contributed by atoms with van der Waals surface area (Å²) in [6, 6.07) is 14.6. The second-order valence-corrected chi connectivity index (χ2v) is 10.8. The number of rotatable bonds is 11. The van der Waals surface area contributed by atoms with Gasteiger partial charge in [0.2, 0.25) is 0 Å². The van der Waals surface area contributed by atoms with Gasteiger partial charge in [0.1, 0.15) is 11.8 Å². The van der Waals surface area contributed by atoms with Crippen LogP contribution in [0.2, 0.25) is 10.0 Å². The molecule has 12 heteroatoms.